The number of ether oxygens (including phenoxy) is 1. The van der Waals surface area contributed by atoms with Gasteiger partial charge in [0.05, 0.1) is 12.8 Å². The van der Waals surface area contributed by atoms with Gasteiger partial charge in [0.2, 0.25) is 0 Å². The molecule has 0 saturated carbocycles. The molecule has 0 aliphatic carbocycles. The van der Waals surface area contributed by atoms with Crippen LogP contribution >= 0.6 is 11.3 Å². The summed E-state index contributed by atoms with van der Waals surface area (Å²) in [6.07, 6.45) is 3.11. The summed E-state index contributed by atoms with van der Waals surface area (Å²) in [7, 11) is 1.59. The van der Waals surface area contributed by atoms with Crippen LogP contribution in [0.2, 0.25) is 0 Å². The molecule has 2 heterocycles. The van der Waals surface area contributed by atoms with Crippen molar-refractivity contribution in [3.8, 4) is 22.1 Å². The maximum absolute atomic E-state index is 11.4. The van der Waals surface area contributed by atoms with Crippen LogP contribution in [0.25, 0.3) is 16.4 Å². The molecule has 0 radical (unpaired) electrons. The Hall–Kier alpha value is -2.67. The zero-order valence-electron chi connectivity index (χ0n) is 11.1. The van der Waals surface area contributed by atoms with Gasteiger partial charge in [-0.2, -0.15) is 5.10 Å². The number of rotatable bonds is 4. The van der Waals surface area contributed by atoms with Crippen LogP contribution in [0.15, 0.2) is 42.0 Å². The fraction of sp³-hybridized carbons (Fsp3) is 0.0714. The van der Waals surface area contributed by atoms with Gasteiger partial charge in [-0.1, -0.05) is 0 Å². The zero-order valence-corrected chi connectivity index (χ0v) is 11.9. The van der Waals surface area contributed by atoms with Crippen LogP contribution in [-0.4, -0.2) is 33.0 Å². The Kier molecular flexibility index (Phi) is 3.41. The van der Waals surface area contributed by atoms with Gasteiger partial charge in [0.15, 0.2) is 0 Å². The second-order valence-electron chi connectivity index (χ2n) is 4.18. The van der Waals surface area contributed by atoms with Crippen LogP contribution in [0.1, 0.15) is 10.4 Å². The van der Waals surface area contributed by atoms with Crippen molar-refractivity contribution in [3.05, 3.63) is 47.6 Å². The van der Waals surface area contributed by atoms with Crippen molar-refractivity contribution >= 4 is 17.3 Å². The summed E-state index contributed by atoms with van der Waals surface area (Å²) in [4.78, 5) is 15.5. The van der Waals surface area contributed by atoms with E-state index in [1.165, 1.54) is 22.2 Å². The van der Waals surface area contributed by atoms with Crippen LogP contribution in [-0.2, 0) is 0 Å². The molecule has 21 heavy (non-hydrogen) atoms. The first-order valence-corrected chi connectivity index (χ1v) is 6.94. The molecule has 0 spiro atoms. The summed E-state index contributed by atoms with van der Waals surface area (Å²) in [5.41, 5.74) is 1.25. The van der Waals surface area contributed by atoms with Gasteiger partial charge in [0, 0.05) is 17.8 Å². The number of nitrogens with zero attached hydrogens (tertiary/aromatic N) is 3. The lowest BCUT2D eigenvalue weighted by atomic mass is 10.2. The second kappa shape index (κ2) is 5.37. The molecule has 6 nitrogen and oxygen atoms in total. The Morgan fingerprint density at radius 3 is 2.67 bits per heavy atom. The minimum atomic E-state index is -1.03. The Bertz CT molecular complexity index is 763. The second-order valence-corrected chi connectivity index (χ2v) is 5.07. The Morgan fingerprint density at radius 1 is 1.33 bits per heavy atom. The van der Waals surface area contributed by atoms with Gasteiger partial charge in [-0.05, 0) is 24.3 Å². The van der Waals surface area contributed by atoms with Gasteiger partial charge in [0.1, 0.15) is 22.0 Å². The lowest BCUT2D eigenvalue weighted by Crippen LogP contribution is -1.96. The maximum atomic E-state index is 11.4. The number of aromatic nitrogens is 3. The Balaban J connectivity index is 2.07. The van der Waals surface area contributed by atoms with E-state index < -0.39 is 5.97 Å². The van der Waals surface area contributed by atoms with E-state index >= 15 is 0 Å². The van der Waals surface area contributed by atoms with Crippen LogP contribution in [0.5, 0.6) is 5.75 Å². The van der Waals surface area contributed by atoms with Gasteiger partial charge in [0.25, 0.3) is 0 Å². The standard InChI is InChI=1S/C14H11N3O3S/c1-20-10-4-2-9(3-5-10)17-8-11(14(18)19)12(16-17)13-15-6-7-21-13/h2-8H,1H3,(H,18,19). The molecule has 0 bridgehead atoms. The third-order valence-corrected chi connectivity index (χ3v) is 3.70. The first-order chi connectivity index (χ1) is 10.2. The molecule has 0 aliphatic heterocycles. The molecule has 3 aromatic rings. The molecule has 3 rings (SSSR count). The fourth-order valence-electron chi connectivity index (χ4n) is 1.90. The fourth-order valence-corrected chi connectivity index (χ4v) is 2.53. The van der Waals surface area contributed by atoms with E-state index in [1.807, 2.05) is 12.1 Å². The average molecular weight is 301 g/mol. The van der Waals surface area contributed by atoms with Crippen molar-refractivity contribution < 1.29 is 14.6 Å². The van der Waals surface area contributed by atoms with E-state index in [0.29, 0.717) is 10.7 Å². The van der Waals surface area contributed by atoms with E-state index in [0.717, 1.165) is 11.4 Å². The first-order valence-electron chi connectivity index (χ1n) is 6.06. The van der Waals surface area contributed by atoms with E-state index in [9.17, 15) is 9.90 Å². The third-order valence-electron chi connectivity index (χ3n) is 2.92. The number of benzene rings is 1. The summed E-state index contributed by atoms with van der Waals surface area (Å²) >= 11 is 1.35. The number of thiazole rings is 1. The van der Waals surface area contributed by atoms with Crippen molar-refractivity contribution in [2.75, 3.05) is 7.11 Å². The molecule has 2 aromatic heterocycles. The monoisotopic (exact) mass is 301 g/mol. The van der Waals surface area contributed by atoms with Gasteiger partial charge in [-0.15, -0.1) is 11.3 Å². The lowest BCUT2D eigenvalue weighted by Gasteiger charge is -2.02. The Labute approximate surface area is 124 Å². The van der Waals surface area contributed by atoms with Gasteiger partial charge >= 0.3 is 5.97 Å². The van der Waals surface area contributed by atoms with Crippen molar-refractivity contribution in [2.24, 2.45) is 0 Å². The molecule has 1 aromatic carbocycles. The van der Waals surface area contributed by atoms with Crippen molar-refractivity contribution in [2.45, 2.75) is 0 Å². The highest BCUT2D eigenvalue weighted by atomic mass is 32.1. The van der Waals surface area contributed by atoms with E-state index in [1.54, 1.807) is 30.8 Å². The summed E-state index contributed by atoms with van der Waals surface area (Å²) in [6.45, 7) is 0. The van der Waals surface area contributed by atoms with Crippen LogP contribution in [0.3, 0.4) is 0 Å². The van der Waals surface area contributed by atoms with Crippen molar-refractivity contribution in [3.63, 3.8) is 0 Å². The largest absolute Gasteiger partial charge is 0.497 e. The van der Waals surface area contributed by atoms with Crippen molar-refractivity contribution in [1.29, 1.82) is 0 Å². The molecule has 0 amide bonds. The molecular weight excluding hydrogens is 290 g/mol. The predicted octanol–water partition coefficient (Wildman–Crippen LogP) is 2.70. The highest BCUT2D eigenvalue weighted by molar-refractivity contribution is 7.13. The van der Waals surface area contributed by atoms with Gasteiger partial charge in [-0.3, -0.25) is 0 Å². The zero-order chi connectivity index (χ0) is 14.8. The quantitative estimate of drug-likeness (QED) is 0.801. The molecule has 1 N–H and O–H groups in total. The summed E-state index contributed by atoms with van der Waals surface area (Å²) in [5.74, 6) is -0.301. The van der Waals surface area contributed by atoms with Crippen LogP contribution < -0.4 is 4.74 Å². The maximum Gasteiger partial charge on any atom is 0.339 e. The van der Waals surface area contributed by atoms with Gasteiger partial charge < -0.3 is 9.84 Å². The summed E-state index contributed by atoms with van der Waals surface area (Å²) in [6, 6.07) is 7.20. The average Bonchev–Trinajstić information content (AvgIpc) is 3.16. The SMILES string of the molecule is COc1ccc(-n2cc(C(=O)O)c(-c3nccs3)n2)cc1. The van der Waals surface area contributed by atoms with E-state index in [2.05, 4.69) is 10.1 Å². The molecule has 7 heteroatoms. The number of hydrogen-bond donors (Lipinski definition) is 1. The predicted molar refractivity (Wildman–Crippen MR) is 78.2 cm³/mol. The smallest absolute Gasteiger partial charge is 0.339 e. The number of aromatic carboxylic acids is 1. The normalized spacial score (nSPS) is 10.5. The number of carbonyl (C=O) groups is 1. The number of hydrogen-bond acceptors (Lipinski definition) is 5. The highest BCUT2D eigenvalue weighted by Gasteiger charge is 2.19. The summed E-state index contributed by atoms with van der Waals surface area (Å²) in [5, 5.41) is 16.0. The number of methoxy groups -OCH3 is 1. The highest BCUT2D eigenvalue weighted by Crippen LogP contribution is 2.26. The summed E-state index contributed by atoms with van der Waals surface area (Å²) < 4.78 is 6.63. The van der Waals surface area contributed by atoms with Crippen molar-refractivity contribution in [1.82, 2.24) is 14.8 Å². The van der Waals surface area contributed by atoms with Crippen LogP contribution in [0.4, 0.5) is 0 Å². The molecule has 0 atom stereocenters. The Morgan fingerprint density at radius 2 is 2.10 bits per heavy atom. The number of carboxylic acids is 1. The first kappa shape index (κ1) is 13.3. The topological polar surface area (TPSA) is 77.2 Å². The molecule has 0 aliphatic rings. The van der Waals surface area contributed by atoms with E-state index in [4.69, 9.17) is 4.74 Å². The molecule has 0 saturated heterocycles. The third kappa shape index (κ3) is 2.50. The lowest BCUT2D eigenvalue weighted by molar-refractivity contribution is 0.0697. The molecular formula is C14H11N3O3S. The van der Waals surface area contributed by atoms with Crippen LogP contribution in [0, 0.1) is 0 Å². The number of carboxylic acid groups (broad SMARTS) is 1. The molecule has 0 fully saturated rings. The van der Waals surface area contributed by atoms with Gasteiger partial charge in [-0.25, -0.2) is 14.5 Å². The molecule has 0 unspecified atom stereocenters. The minimum Gasteiger partial charge on any atom is -0.497 e. The minimum absolute atomic E-state index is 0.126. The van der Waals surface area contributed by atoms with E-state index in [-0.39, 0.29) is 5.56 Å². The molecule has 106 valence electrons.